The molecular formula is C16H19NO4. The highest BCUT2D eigenvalue weighted by Crippen LogP contribution is 2.18. The molecule has 2 aromatic rings. The summed E-state index contributed by atoms with van der Waals surface area (Å²) in [4.78, 5) is 11.5. The van der Waals surface area contributed by atoms with Gasteiger partial charge in [0, 0.05) is 17.8 Å². The summed E-state index contributed by atoms with van der Waals surface area (Å²) in [6.07, 6.45) is 2.46. The van der Waals surface area contributed by atoms with Gasteiger partial charge in [0.1, 0.15) is 5.75 Å². The smallest absolute Gasteiger partial charge is 0.374 e. The van der Waals surface area contributed by atoms with Crippen LogP contribution in [0.4, 0.5) is 5.69 Å². The second-order valence-electron chi connectivity index (χ2n) is 4.49. The first-order valence-corrected chi connectivity index (χ1v) is 6.86. The standard InChI is InChI=1S/C16H19NO4/c1-3-9-20-14-6-4-13(5-7-14)17-11-12-8-10-21-15(12)16(18)19-2/h4-8,10,17H,3,9,11H2,1-2H3. The van der Waals surface area contributed by atoms with Gasteiger partial charge in [-0.3, -0.25) is 0 Å². The van der Waals surface area contributed by atoms with E-state index in [1.807, 2.05) is 24.3 Å². The summed E-state index contributed by atoms with van der Waals surface area (Å²) in [5, 5.41) is 3.23. The monoisotopic (exact) mass is 289 g/mol. The van der Waals surface area contributed by atoms with Gasteiger partial charge in [0.25, 0.3) is 0 Å². The third-order valence-corrected chi connectivity index (χ3v) is 2.93. The first kappa shape index (κ1) is 15.0. The molecule has 0 amide bonds. The fraction of sp³-hybridized carbons (Fsp3) is 0.312. The third kappa shape index (κ3) is 4.02. The average molecular weight is 289 g/mol. The predicted molar refractivity (Wildman–Crippen MR) is 79.6 cm³/mol. The Bertz CT molecular complexity index is 574. The van der Waals surface area contributed by atoms with E-state index in [1.165, 1.54) is 13.4 Å². The van der Waals surface area contributed by atoms with Crippen molar-refractivity contribution in [3.63, 3.8) is 0 Å². The van der Waals surface area contributed by atoms with Crippen LogP contribution in [0.25, 0.3) is 0 Å². The molecule has 1 aromatic carbocycles. The minimum absolute atomic E-state index is 0.230. The van der Waals surface area contributed by atoms with Crippen LogP contribution in [0, 0.1) is 0 Å². The zero-order valence-electron chi connectivity index (χ0n) is 12.2. The fourth-order valence-corrected chi connectivity index (χ4v) is 1.83. The molecule has 5 nitrogen and oxygen atoms in total. The lowest BCUT2D eigenvalue weighted by molar-refractivity contribution is 0.0563. The molecule has 0 unspecified atom stereocenters. The number of nitrogens with one attached hydrogen (secondary N) is 1. The number of carbonyl (C=O) groups is 1. The van der Waals surface area contributed by atoms with Gasteiger partial charge in [-0.25, -0.2) is 4.79 Å². The van der Waals surface area contributed by atoms with E-state index in [0.717, 1.165) is 23.4 Å². The molecule has 5 heteroatoms. The van der Waals surface area contributed by atoms with Crippen molar-refractivity contribution in [1.82, 2.24) is 0 Å². The topological polar surface area (TPSA) is 60.7 Å². The van der Waals surface area contributed by atoms with Crippen molar-refractivity contribution in [2.24, 2.45) is 0 Å². The van der Waals surface area contributed by atoms with Crippen molar-refractivity contribution in [3.8, 4) is 5.75 Å². The summed E-state index contributed by atoms with van der Waals surface area (Å²) < 4.78 is 15.3. The number of benzene rings is 1. The summed E-state index contributed by atoms with van der Waals surface area (Å²) in [6.45, 7) is 3.26. The van der Waals surface area contributed by atoms with Gasteiger partial charge in [-0.15, -0.1) is 0 Å². The Balaban J connectivity index is 1.94. The number of ether oxygens (including phenoxy) is 2. The van der Waals surface area contributed by atoms with Gasteiger partial charge in [-0.1, -0.05) is 6.92 Å². The van der Waals surface area contributed by atoms with Crippen LogP contribution >= 0.6 is 0 Å². The van der Waals surface area contributed by atoms with Crippen molar-refractivity contribution in [2.75, 3.05) is 19.0 Å². The summed E-state index contributed by atoms with van der Waals surface area (Å²) >= 11 is 0. The number of carbonyl (C=O) groups excluding carboxylic acids is 1. The largest absolute Gasteiger partial charge is 0.494 e. The summed E-state index contributed by atoms with van der Waals surface area (Å²) in [7, 11) is 1.33. The van der Waals surface area contributed by atoms with Crippen molar-refractivity contribution in [2.45, 2.75) is 19.9 Å². The van der Waals surface area contributed by atoms with Crippen LogP contribution in [0.3, 0.4) is 0 Å². The predicted octanol–water partition coefficient (Wildman–Crippen LogP) is 3.47. The number of methoxy groups -OCH3 is 1. The number of rotatable bonds is 7. The Morgan fingerprint density at radius 1 is 1.24 bits per heavy atom. The van der Waals surface area contributed by atoms with E-state index < -0.39 is 5.97 Å². The zero-order chi connectivity index (χ0) is 15.1. The van der Waals surface area contributed by atoms with Crippen molar-refractivity contribution in [3.05, 3.63) is 47.9 Å². The quantitative estimate of drug-likeness (QED) is 0.791. The van der Waals surface area contributed by atoms with Crippen LogP contribution in [0.15, 0.2) is 41.0 Å². The molecule has 21 heavy (non-hydrogen) atoms. The molecule has 0 saturated carbocycles. The van der Waals surface area contributed by atoms with E-state index in [4.69, 9.17) is 9.15 Å². The lowest BCUT2D eigenvalue weighted by atomic mass is 10.2. The highest BCUT2D eigenvalue weighted by Gasteiger charge is 2.15. The van der Waals surface area contributed by atoms with E-state index >= 15 is 0 Å². The molecule has 1 heterocycles. The molecule has 0 aliphatic heterocycles. The van der Waals surface area contributed by atoms with Crippen LogP contribution in [0.2, 0.25) is 0 Å². The Morgan fingerprint density at radius 2 is 2.00 bits per heavy atom. The Kier molecular flexibility index (Phi) is 5.26. The molecular weight excluding hydrogens is 270 g/mol. The molecule has 1 aromatic heterocycles. The second kappa shape index (κ2) is 7.38. The Hall–Kier alpha value is -2.43. The highest BCUT2D eigenvalue weighted by molar-refractivity contribution is 5.87. The highest BCUT2D eigenvalue weighted by atomic mass is 16.5. The molecule has 0 atom stereocenters. The van der Waals surface area contributed by atoms with Gasteiger partial charge >= 0.3 is 5.97 Å². The lowest BCUT2D eigenvalue weighted by Gasteiger charge is -2.08. The molecule has 1 N–H and O–H groups in total. The van der Waals surface area contributed by atoms with Crippen molar-refractivity contribution in [1.29, 1.82) is 0 Å². The fourth-order valence-electron chi connectivity index (χ4n) is 1.83. The maximum atomic E-state index is 11.5. The van der Waals surface area contributed by atoms with Gasteiger partial charge < -0.3 is 19.2 Å². The zero-order valence-corrected chi connectivity index (χ0v) is 12.2. The summed E-state index contributed by atoms with van der Waals surface area (Å²) in [6, 6.07) is 9.44. The minimum atomic E-state index is -0.472. The normalized spacial score (nSPS) is 10.2. The SMILES string of the molecule is CCCOc1ccc(NCc2ccoc2C(=O)OC)cc1. The molecule has 0 saturated heterocycles. The molecule has 2 rings (SSSR count). The maximum absolute atomic E-state index is 11.5. The van der Waals surface area contributed by atoms with E-state index in [0.29, 0.717) is 13.2 Å². The summed E-state index contributed by atoms with van der Waals surface area (Å²) in [5.41, 5.74) is 1.70. The third-order valence-electron chi connectivity index (χ3n) is 2.93. The van der Waals surface area contributed by atoms with Crippen LogP contribution in [-0.4, -0.2) is 19.7 Å². The number of hydrogen-bond acceptors (Lipinski definition) is 5. The molecule has 0 spiro atoms. The first-order chi connectivity index (χ1) is 10.2. The van der Waals surface area contributed by atoms with Gasteiger partial charge in [0.15, 0.2) is 0 Å². The molecule has 0 radical (unpaired) electrons. The first-order valence-electron chi connectivity index (χ1n) is 6.86. The lowest BCUT2D eigenvalue weighted by Crippen LogP contribution is -2.06. The number of esters is 1. The molecule has 0 fully saturated rings. The van der Waals surface area contributed by atoms with Gasteiger partial charge in [0.05, 0.1) is 20.0 Å². The Morgan fingerprint density at radius 3 is 2.67 bits per heavy atom. The molecule has 0 bridgehead atoms. The minimum Gasteiger partial charge on any atom is -0.494 e. The van der Waals surface area contributed by atoms with E-state index in [9.17, 15) is 4.79 Å². The van der Waals surface area contributed by atoms with Crippen LogP contribution < -0.4 is 10.1 Å². The van der Waals surface area contributed by atoms with Crippen LogP contribution in [0.1, 0.15) is 29.5 Å². The second-order valence-corrected chi connectivity index (χ2v) is 4.49. The van der Waals surface area contributed by atoms with E-state index in [1.54, 1.807) is 6.07 Å². The van der Waals surface area contributed by atoms with Crippen molar-refractivity contribution < 1.29 is 18.7 Å². The van der Waals surface area contributed by atoms with E-state index in [2.05, 4.69) is 17.0 Å². The number of hydrogen-bond donors (Lipinski definition) is 1. The van der Waals surface area contributed by atoms with Gasteiger partial charge in [0.2, 0.25) is 5.76 Å². The number of anilines is 1. The number of furan rings is 1. The maximum Gasteiger partial charge on any atom is 0.374 e. The molecule has 0 aliphatic rings. The Labute approximate surface area is 123 Å². The van der Waals surface area contributed by atoms with Crippen molar-refractivity contribution >= 4 is 11.7 Å². The summed E-state index contributed by atoms with van der Waals surface area (Å²) in [5.74, 6) is 0.606. The van der Waals surface area contributed by atoms with Gasteiger partial charge in [-0.2, -0.15) is 0 Å². The average Bonchev–Trinajstić information content (AvgIpc) is 2.99. The molecule has 0 aliphatic carbocycles. The van der Waals surface area contributed by atoms with Gasteiger partial charge in [-0.05, 0) is 36.8 Å². The van der Waals surface area contributed by atoms with Crippen LogP contribution in [0.5, 0.6) is 5.75 Å². The van der Waals surface area contributed by atoms with Crippen LogP contribution in [-0.2, 0) is 11.3 Å². The molecule has 112 valence electrons. The van der Waals surface area contributed by atoms with E-state index in [-0.39, 0.29) is 5.76 Å².